The van der Waals surface area contributed by atoms with Crippen molar-refractivity contribution in [2.24, 2.45) is 5.10 Å². The van der Waals surface area contributed by atoms with Gasteiger partial charge in [0.15, 0.2) is 0 Å². The van der Waals surface area contributed by atoms with E-state index in [0.29, 0.717) is 0 Å². The molecule has 0 spiro atoms. The van der Waals surface area contributed by atoms with Crippen molar-refractivity contribution in [2.45, 2.75) is 13.8 Å². The first-order chi connectivity index (χ1) is 13.4. The molecular formula is C21H16F2N4O. The molecule has 7 heteroatoms. The van der Waals surface area contributed by atoms with E-state index >= 15 is 0 Å². The maximum Gasteiger partial charge on any atom is 0.274 e. The molecule has 0 aliphatic carbocycles. The molecule has 0 fully saturated rings. The average molecular weight is 378 g/mol. The lowest BCUT2D eigenvalue weighted by molar-refractivity contribution is 0.0951. The Morgan fingerprint density at radius 1 is 1.14 bits per heavy atom. The lowest BCUT2D eigenvalue weighted by Crippen LogP contribution is -2.19. The molecule has 140 valence electrons. The number of nitriles is 1. The third kappa shape index (κ3) is 3.81. The van der Waals surface area contributed by atoms with Crippen LogP contribution in [0.2, 0.25) is 0 Å². The number of nitrogens with one attached hydrogen (secondary N) is 1. The summed E-state index contributed by atoms with van der Waals surface area (Å²) in [6, 6.07) is 13.4. The molecule has 2 aromatic carbocycles. The molecule has 1 aromatic heterocycles. The van der Waals surface area contributed by atoms with Crippen LogP contribution in [0.1, 0.15) is 32.9 Å². The van der Waals surface area contributed by atoms with Gasteiger partial charge in [-0.15, -0.1) is 0 Å². The third-order valence-corrected chi connectivity index (χ3v) is 4.27. The van der Waals surface area contributed by atoms with Crippen LogP contribution >= 0.6 is 0 Å². The zero-order valence-electron chi connectivity index (χ0n) is 15.2. The third-order valence-electron chi connectivity index (χ3n) is 4.27. The summed E-state index contributed by atoms with van der Waals surface area (Å²) in [7, 11) is 0. The SMILES string of the molecule is Cc1cc(/C=N\NC(=O)c2ccc(C#N)cc2F)c(C)n1-c1ccc(F)cc1. The van der Waals surface area contributed by atoms with Crippen LogP contribution < -0.4 is 5.43 Å². The summed E-state index contributed by atoms with van der Waals surface area (Å²) in [5.41, 5.74) is 5.53. The highest BCUT2D eigenvalue weighted by Crippen LogP contribution is 2.20. The summed E-state index contributed by atoms with van der Waals surface area (Å²) in [4.78, 5) is 12.1. The molecule has 0 radical (unpaired) electrons. The van der Waals surface area contributed by atoms with Gasteiger partial charge in [0, 0.05) is 22.6 Å². The van der Waals surface area contributed by atoms with E-state index in [1.165, 1.54) is 30.5 Å². The number of carbonyl (C=O) groups excluding carboxylic acids is 1. The van der Waals surface area contributed by atoms with Crippen LogP contribution in [-0.2, 0) is 0 Å². The molecule has 0 aliphatic heterocycles. The number of nitrogens with zero attached hydrogens (tertiary/aromatic N) is 3. The minimum absolute atomic E-state index is 0.130. The van der Waals surface area contributed by atoms with E-state index in [2.05, 4.69) is 10.5 Å². The fourth-order valence-corrected chi connectivity index (χ4v) is 2.90. The summed E-state index contributed by atoms with van der Waals surface area (Å²) in [6.45, 7) is 3.78. The molecule has 1 amide bonds. The monoisotopic (exact) mass is 378 g/mol. The van der Waals surface area contributed by atoms with Gasteiger partial charge in [0.1, 0.15) is 11.6 Å². The van der Waals surface area contributed by atoms with Crippen LogP contribution in [0.25, 0.3) is 5.69 Å². The lowest BCUT2D eigenvalue weighted by atomic mass is 10.1. The van der Waals surface area contributed by atoms with Crippen molar-refractivity contribution in [3.05, 3.63) is 88.2 Å². The van der Waals surface area contributed by atoms with Crippen LogP contribution in [0.15, 0.2) is 53.6 Å². The Morgan fingerprint density at radius 3 is 2.50 bits per heavy atom. The summed E-state index contributed by atoms with van der Waals surface area (Å²) < 4.78 is 29.0. The van der Waals surface area contributed by atoms with Gasteiger partial charge in [-0.05, 0) is 62.4 Å². The fraction of sp³-hybridized carbons (Fsp3) is 0.0952. The largest absolute Gasteiger partial charge is 0.318 e. The first-order valence-corrected chi connectivity index (χ1v) is 8.38. The van der Waals surface area contributed by atoms with Crippen LogP contribution in [0.5, 0.6) is 0 Å². The van der Waals surface area contributed by atoms with E-state index in [9.17, 15) is 13.6 Å². The van der Waals surface area contributed by atoms with E-state index in [1.807, 2.05) is 24.5 Å². The number of hydrogen-bond acceptors (Lipinski definition) is 3. The Bertz CT molecular complexity index is 1110. The van der Waals surface area contributed by atoms with Crippen molar-refractivity contribution in [1.29, 1.82) is 5.26 Å². The Labute approximate surface area is 160 Å². The standard InChI is InChI=1S/C21H16F2N4O/c1-13-9-16(14(2)27(13)18-6-4-17(22)5-7-18)12-25-26-21(28)19-8-3-15(11-24)10-20(19)23/h3-10,12H,1-2H3,(H,26,28)/b25-12-. The molecule has 0 saturated carbocycles. The molecule has 3 aromatic rings. The van der Waals surface area contributed by atoms with Gasteiger partial charge in [0.25, 0.3) is 5.91 Å². The number of rotatable bonds is 4. The van der Waals surface area contributed by atoms with Crippen molar-refractivity contribution in [1.82, 2.24) is 9.99 Å². The molecule has 0 bridgehead atoms. The van der Waals surface area contributed by atoms with Gasteiger partial charge in [-0.3, -0.25) is 4.79 Å². The molecule has 1 heterocycles. The molecule has 1 N–H and O–H groups in total. The van der Waals surface area contributed by atoms with Crippen molar-refractivity contribution in [3.63, 3.8) is 0 Å². The highest BCUT2D eigenvalue weighted by Gasteiger charge is 2.12. The number of aryl methyl sites for hydroxylation is 1. The molecule has 0 aliphatic rings. The average Bonchev–Trinajstić information content (AvgIpc) is 2.96. The minimum atomic E-state index is -0.791. The van der Waals surface area contributed by atoms with Crippen LogP contribution in [0.3, 0.4) is 0 Å². The number of carbonyl (C=O) groups is 1. The molecular weight excluding hydrogens is 362 g/mol. The summed E-state index contributed by atoms with van der Waals surface area (Å²) in [5.74, 6) is -1.82. The smallest absolute Gasteiger partial charge is 0.274 e. The summed E-state index contributed by atoms with van der Waals surface area (Å²) in [5, 5.41) is 12.6. The molecule has 0 atom stereocenters. The van der Waals surface area contributed by atoms with Gasteiger partial charge in [0.2, 0.25) is 0 Å². The van der Waals surface area contributed by atoms with Crippen molar-refractivity contribution < 1.29 is 13.6 Å². The van der Waals surface area contributed by atoms with E-state index < -0.39 is 11.7 Å². The maximum atomic E-state index is 13.9. The van der Waals surface area contributed by atoms with Crippen LogP contribution in [0.4, 0.5) is 8.78 Å². The molecule has 5 nitrogen and oxygen atoms in total. The molecule has 28 heavy (non-hydrogen) atoms. The van der Waals surface area contributed by atoms with Gasteiger partial charge < -0.3 is 4.57 Å². The van der Waals surface area contributed by atoms with E-state index in [4.69, 9.17) is 5.26 Å². The van der Waals surface area contributed by atoms with Gasteiger partial charge >= 0.3 is 0 Å². The second kappa shape index (κ2) is 7.84. The Hall–Kier alpha value is -3.79. The van der Waals surface area contributed by atoms with Crippen LogP contribution in [0, 0.1) is 36.8 Å². The molecule has 0 unspecified atom stereocenters. The zero-order valence-corrected chi connectivity index (χ0v) is 15.2. The highest BCUT2D eigenvalue weighted by atomic mass is 19.1. The first-order valence-electron chi connectivity index (χ1n) is 8.38. The van der Waals surface area contributed by atoms with Gasteiger partial charge in [0.05, 0.1) is 23.4 Å². The zero-order chi connectivity index (χ0) is 20.3. The Kier molecular flexibility index (Phi) is 5.32. The topological polar surface area (TPSA) is 70.2 Å². The number of hydrazone groups is 1. The summed E-state index contributed by atoms with van der Waals surface area (Å²) >= 11 is 0. The second-order valence-corrected chi connectivity index (χ2v) is 6.14. The number of halogens is 2. The van der Waals surface area contributed by atoms with Crippen LogP contribution in [-0.4, -0.2) is 16.7 Å². The minimum Gasteiger partial charge on any atom is -0.318 e. The van der Waals surface area contributed by atoms with Crippen molar-refractivity contribution >= 4 is 12.1 Å². The predicted molar refractivity (Wildman–Crippen MR) is 101 cm³/mol. The van der Waals surface area contributed by atoms with Gasteiger partial charge in [-0.1, -0.05) is 0 Å². The summed E-state index contributed by atoms with van der Waals surface area (Å²) in [6.07, 6.45) is 1.46. The second-order valence-electron chi connectivity index (χ2n) is 6.14. The number of amides is 1. The van der Waals surface area contributed by atoms with Gasteiger partial charge in [-0.25, -0.2) is 14.2 Å². The number of benzene rings is 2. The van der Waals surface area contributed by atoms with E-state index in [-0.39, 0.29) is 16.9 Å². The number of aromatic nitrogens is 1. The molecule has 3 rings (SSSR count). The van der Waals surface area contributed by atoms with E-state index in [0.717, 1.165) is 28.7 Å². The quantitative estimate of drug-likeness (QED) is 0.550. The van der Waals surface area contributed by atoms with E-state index in [1.54, 1.807) is 18.2 Å². The van der Waals surface area contributed by atoms with Gasteiger partial charge in [-0.2, -0.15) is 10.4 Å². The lowest BCUT2D eigenvalue weighted by Gasteiger charge is -2.09. The Balaban J connectivity index is 1.78. The highest BCUT2D eigenvalue weighted by molar-refractivity contribution is 5.95. The van der Waals surface area contributed by atoms with Crippen molar-refractivity contribution in [2.75, 3.05) is 0 Å². The first kappa shape index (κ1) is 19.0. The fourth-order valence-electron chi connectivity index (χ4n) is 2.90. The Morgan fingerprint density at radius 2 is 1.86 bits per heavy atom. The maximum absolute atomic E-state index is 13.9. The normalized spacial score (nSPS) is 10.8. The molecule has 0 saturated heterocycles. The van der Waals surface area contributed by atoms with Crippen molar-refractivity contribution in [3.8, 4) is 11.8 Å². The predicted octanol–water partition coefficient (Wildman–Crippen LogP) is 4.01. The number of hydrogen-bond donors (Lipinski definition) is 1.